The molecule has 1 aromatic rings. The number of rotatable bonds is 3. The van der Waals surface area contributed by atoms with Crippen LogP contribution in [-0.2, 0) is 4.79 Å². The minimum absolute atomic E-state index is 0.0885. The number of benzene rings is 1. The molecule has 0 radical (unpaired) electrons. The van der Waals surface area contributed by atoms with Crippen LogP contribution in [0.4, 0.5) is 22.0 Å². The van der Waals surface area contributed by atoms with Gasteiger partial charge in [-0.05, 0) is 0 Å². The molecule has 0 aliphatic rings. The highest BCUT2D eigenvalue weighted by Gasteiger charge is 2.23. The summed E-state index contributed by atoms with van der Waals surface area (Å²) in [7, 11) is 0. The molecule has 0 fully saturated rings. The number of hydrogen-bond donors (Lipinski definition) is 1. The highest BCUT2D eigenvalue weighted by Crippen LogP contribution is 2.23. The van der Waals surface area contributed by atoms with Crippen LogP contribution in [0.3, 0.4) is 0 Å². The van der Waals surface area contributed by atoms with Crippen molar-refractivity contribution in [2.45, 2.75) is 6.92 Å². The van der Waals surface area contributed by atoms with E-state index in [1.54, 1.807) is 0 Å². The van der Waals surface area contributed by atoms with Crippen LogP contribution in [0.15, 0.2) is 6.08 Å². The molecule has 0 atom stereocenters. The van der Waals surface area contributed by atoms with E-state index in [1.165, 1.54) is 6.92 Å². The van der Waals surface area contributed by atoms with E-state index in [9.17, 15) is 26.7 Å². The molecule has 1 aromatic carbocycles. The first-order valence-corrected chi connectivity index (χ1v) is 4.78. The van der Waals surface area contributed by atoms with Crippen LogP contribution in [0.25, 0.3) is 6.08 Å². The van der Waals surface area contributed by atoms with Crippen LogP contribution < -0.4 is 5.32 Å². The van der Waals surface area contributed by atoms with Gasteiger partial charge in [-0.3, -0.25) is 4.79 Å². The van der Waals surface area contributed by atoms with E-state index in [0.717, 1.165) is 6.08 Å². The number of amides is 1. The largest absolute Gasteiger partial charge is 0.353 e. The summed E-state index contributed by atoms with van der Waals surface area (Å²) < 4.78 is 64.5. The third kappa shape index (κ3) is 2.85. The van der Waals surface area contributed by atoms with Crippen molar-refractivity contribution in [3.05, 3.63) is 40.7 Å². The van der Waals surface area contributed by atoms with E-state index in [0.29, 0.717) is 6.08 Å². The second kappa shape index (κ2) is 5.61. The summed E-state index contributed by atoms with van der Waals surface area (Å²) in [6, 6.07) is 0. The van der Waals surface area contributed by atoms with Gasteiger partial charge in [-0.25, -0.2) is 22.0 Å². The van der Waals surface area contributed by atoms with E-state index in [4.69, 9.17) is 0 Å². The van der Waals surface area contributed by atoms with Crippen LogP contribution >= 0.6 is 0 Å². The molecule has 0 bridgehead atoms. The first-order valence-electron chi connectivity index (χ1n) is 4.78. The summed E-state index contributed by atoms with van der Waals surface area (Å²) in [6.07, 6.45) is 1.78. The number of carbonyl (C=O) groups excluding carboxylic acids is 1. The molecule has 1 rings (SSSR count). The van der Waals surface area contributed by atoms with Gasteiger partial charge in [0.05, 0.1) is 5.56 Å². The fourth-order valence-electron chi connectivity index (χ4n) is 1.15. The van der Waals surface area contributed by atoms with Gasteiger partial charge in [0.1, 0.15) is 0 Å². The van der Waals surface area contributed by atoms with E-state index >= 15 is 0 Å². The first-order chi connectivity index (χ1) is 8.36. The lowest BCUT2D eigenvalue weighted by molar-refractivity contribution is -0.118. The normalized spacial score (nSPS) is 11.0. The minimum Gasteiger partial charge on any atom is -0.353 e. The van der Waals surface area contributed by atoms with Crippen LogP contribution in [0, 0.1) is 29.1 Å². The molecule has 0 aromatic heterocycles. The number of carbonyl (C=O) groups is 1. The molecule has 1 N–H and O–H groups in total. The van der Waals surface area contributed by atoms with E-state index in [2.05, 4.69) is 5.32 Å². The summed E-state index contributed by atoms with van der Waals surface area (Å²) >= 11 is 0. The van der Waals surface area contributed by atoms with Crippen LogP contribution in [-0.4, -0.2) is 12.5 Å². The topological polar surface area (TPSA) is 29.1 Å². The van der Waals surface area contributed by atoms with Crippen molar-refractivity contribution in [1.29, 1.82) is 0 Å². The molecule has 18 heavy (non-hydrogen) atoms. The van der Waals surface area contributed by atoms with Crippen LogP contribution in [0.1, 0.15) is 12.5 Å². The standard InChI is InChI=1S/C11H8F5NO/c1-5(18)17-4-2-3-6-7(12)9(14)11(16)10(15)8(6)13/h2-3H,4H2,1H3,(H,17,18). The molecule has 98 valence electrons. The Labute approximate surface area is 99.1 Å². The van der Waals surface area contributed by atoms with Crippen molar-refractivity contribution < 1.29 is 26.7 Å². The molecule has 0 saturated carbocycles. The maximum atomic E-state index is 13.1. The Morgan fingerprint density at radius 3 is 1.89 bits per heavy atom. The predicted octanol–water partition coefficient (Wildman–Crippen LogP) is 2.53. The van der Waals surface area contributed by atoms with Gasteiger partial charge in [-0.1, -0.05) is 12.2 Å². The minimum atomic E-state index is -2.20. The number of hydrogen-bond acceptors (Lipinski definition) is 1. The molecule has 0 heterocycles. The van der Waals surface area contributed by atoms with Gasteiger partial charge >= 0.3 is 0 Å². The fraction of sp³-hybridized carbons (Fsp3) is 0.182. The summed E-state index contributed by atoms with van der Waals surface area (Å²) in [5.41, 5.74) is -1.04. The van der Waals surface area contributed by atoms with E-state index in [1.807, 2.05) is 0 Å². The third-order valence-electron chi connectivity index (χ3n) is 2.00. The Hall–Kier alpha value is -1.92. The van der Waals surface area contributed by atoms with Gasteiger partial charge in [0, 0.05) is 13.5 Å². The molecule has 1 amide bonds. The van der Waals surface area contributed by atoms with Crippen molar-refractivity contribution >= 4 is 12.0 Å². The Morgan fingerprint density at radius 2 is 1.44 bits per heavy atom. The highest BCUT2D eigenvalue weighted by atomic mass is 19.2. The smallest absolute Gasteiger partial charge is 0.217 e. The van der Waals surface area contributed by atoms with Crippen LogP contribution in [0.2, 0.25) is 0 Å². The zero-order valence-corrected chi connectivity index (χ0v) is 9.16. The summed E-state index contributed by atoms with van der Waals surface area (Å²) in [5.74, 6) is -10.4. The van der Waals surface area contributed by atoms with E-state index < -0.39 is 40.6 Å². The van der Waals surface area contributed by atoms with Gasteiger partial charge in [-0.2, -0.15) is 0 Å². The second-order valence-electron chi connectivity index (χ2n) is 3.32. The Kier molecular flexibility index (Phi) is 4.41. The highest BCUT2D eigenvalue weighted by molar-refractivity contribution is 5.73. The van der Waals surface area contributed by atoms with Gasteiger partial charge in [0.2, 0.25) is 11.7 Å². The average molecular weight is 265 g/mol. The molecular weight excluding hydrogens is 257 g/mol. The van der Waals surface area contributed by atoms with Gasteiger partial charge in [0.15, 0.2) is 23.3 Å². The molecular formula is C11H8F5NO. The molecule has 0 saturated heterocycles. The monoisotopic (exact) mass is 265 g/mol. The van der Waals surface area contributed by atoms with Gasteiger partial charge in [0.25, 0.3) is 0 Å². The lowest BCUT2D eigenvalue weighted by Crippen LogP contribution is -2.19. The molecule has 0 aliphatic carbocycles. The maximum Gasteiger partial charge on any atom is 0.217 e. The summed E-state index contributed by atoms with van der Waals surface area (Å²) in [6.45, 7) is 1.13. The van der Waals surface area contributed by atoms with Gasteiger partial charge in [-0.15, -0.1) is 0 Å². The Bertz CT molecular complexity index is 484. The second-order valence-corrected chi connectivity index (χ2v) is 3.32. The first kappa shape index (κ1) is 14.1. The van der Waals surface area contributed by atoms with Crippen molar-refractivity contribution in [2.24, 2.45) is 0 Å². The summed E-state index contributed by atoms with van der Waals surface area (Å²) in [4.78, 5) is 10.5. The van der Waals surface area contributed by atoms with Crippen molar-refractivity contribution in [3.8, 4) is 0 Å². The maximum absolute atomic E-state index is 13.1. The molecule has 2 nitrogen and oxygen atoms in total. The molecule has 0 unspecified atom stereocenters. The third-order valence-corrected chi connectivity index (χ3v) is 2.00. The zero-order valence-electron chi connectivity index (χ0n) is 9.16. The number of nitrogens with one attached hydrogen (secondary N) is 1. The lowest BCUT2D eigenvalue weighted by Gasteiger charge is -2.04. The molecule has 7 heteroatoms. The zero-order chi connectivity index (χ0) is 13.9. The Balaban J connectivity index is 3.06. The molecule has 0 spiro atoms. The quantitative estimate of drug-likeness (QED) is 0.508. The average Bonchev–Trinajstić information content (AvgIpc) is 2.32. The van der Waals surface area contributed by atoms with Gasteiger partial charge < -0.3 is 5.32 Å². The predicted molar refractivity (Wildman–Crippen MR) is 53.9 cm³/mol. The Morgan fingerprint density at radius 1 is 1.00 bits per heavy atom. The summed E-state index contributed by atoms with van der Waals surface area (Å²) in [5, 5.41) is 2.26. The van der Waals surface area contributed by atoms with Crippen molar-refractivity contribution in [1.82, 2.24) is 5.32 Å². The van der Waals surface area contributed by atoms with Crippen molar-refractivity contribution in [3.63, 3.8) is 0 Å². The lowest BCUT2D eigenvalue weighted by atomic mass is 10.1. The fourth-order valence-corrected chi connectivity index (χ4v) is 1.15. The van der Waals surface area contributed by atoms with Crippen LogP contribution in [0.5, 0.6) is 0 Å². The number of halogens is 5. The molecule has 0 aliphatic heterocycles. The van der Waals surface area contributed by atoms with E-state index in [-0.39, 0.29) is 6.54 Å². The van der Waals surface area contributed by atoms with Crippen molar-refractivity contribution in [2.75, 3.05) is 6.54 Å². The SMILES string of the molecule is CC(=O)NCC=Cc1c(F)c(F)c(F)c(F)c1F.